The molecule has 0 aromatic carbocycles. The van der Waals surface area contributed by atoms with Crippen molar-refractivity contribution in [3.63, 3.8) is 0 Å². The highest BCUT2D eigenvalue weighted by atomic mass is 35.5. The molecule has 1 fully saturated rings. The number of allylic oxidation sites excluding steroid dienone is 3. The van der Waals surface area contributed by atoms with Crippen molar-refractivity contribution in [2.24, 2.45) is 17.3 Å². The fraction of sp³-hybridized carbons (Fsp3) is 0.588. The number of carbonyl (C=O) groups excluding carboxylic acids is 1. The number of halogens is 9. The first-order chi connectivity index (χ1) is 12.4. The number of ether oxygens (including phenoxy) is 1. The lowest BCUT2D eigenvalue weighted by molar-refractivity contribution is -0.259. The van der Waals surface area contributed by atoms with E-state index >= 15 is 0 Å². The monoisotopic (exact) mass is 438 g/mol. The van der Waals surface area contributed by atoms with Crippen molar-refractivity contribution < 1.29 is 44.7 Å². The maximum Gasteiger partial charge on any atom is 0.457 e. The number of hydrogen-bond acceptors (Lipinski definition) is 2. The van der Waals surface area contributed by atoms with Crippen molar-refractivity contribution in [2.75, 3.05) is 0 Å². The molecule has 0 aliphatic heterocycles. The fourth-order valence-electron chi connectivity index (χ4n) is 2.58. The average Bonchev–Trinajstić information content (AvgIpc) is 3.02. The molecule has 1 aliphatic rings. The molecule has 0 amide bonds. The third kappa shape index (κ3) is 5.19. The number of hydrogen-bond donors (Lipinski definition) is 0. The van der Waals surface area contributed by atoms with Gasteiger partial charge < -0.3 is 4.74 Å². The van der Waals surface area contributed by atoms with Crippen LogP contribution in [-0.4, -0.2) is 30.3 Å². The van der Waals surface area contributed by atoms with Crippen molar-refractivity contribution in [1.82, 2.24) is 0 Å². The van der Waals surface area contributed by atoms with Crippen LogP contribution in [0.1, 0.15) is 20.8 Å². The standard InChI is InChI=1S/C17H15ClF8O2/c1-5-10(8(2)7-15(19,20)17(24,25)26)28-13(27)12-9(14(12,3)4)6-11(18)16(21,22)23/h1,6-7,9-10,12H,2-4H3/b8-7+,11-6-. The van der Waals surface area contributed by atoms with E-state index in [1.807, 2.05) is 0 Å². The van der Waals surface area contributed by atoms with E-state index in [9.17, 15) is 39.9 Å². The van der Waals surface area contributed by atoms with Crippen LogP contribution in [0.4, 0.5) is 35.1 Å². The van der Waals surface area contributed by atoms with Crippen molar-refractivity contribution in [2.45, 2.75) is 45.2 Å². The summed E-state index contributed by atoms with van der Waals surface area (Å²) in [5.74, 6) is -6.69. The van der Waals surface area contributed by atoms with E-state index in [-0.39, 0.29) is 0 Å². The van der Waals surface area contributed by atoms with Crippen LogP contribution in [0, 0.1) is 29.6 Å². The molecule has 0 radical (unpaired) electrons. The van der Waals surface area contributed by atoms with Gasteiger partial charge in [0.05, 0.1) is 5.92 Å². The molecule has 0 saturated heterocycles. The second kappa shape index (κ2) is 7.58. The molecule has 0 aromatic heterocycles. The molecule has 3 unspecified atom stereocenters. The molecule has 1 aliphatic carbocycles. The summed E-state index contributed by atoms with van der Waals surface area (Å²) in [6.07, 6.45) is -7.36. The normalized spacial score (nSPS) is 24.4. The molecule has 0 N–H and O–H groups in total. The number of terminal acetylenes is 1. The molecule has 0 spiro atoms. The average molecular weight is 439 g/mol. The van der Waals surface area contributed by atoms with Gasteiger partial charge in [-0.25, -0.2) is 0 Å². The minimum Gasteiger partial charge on any atom is -0.444 e. The molecule has 0 bridgehead atoms. The maximum absolute atomic E-state index is 13.1. The van der Waals surface area contributed by atoms with Gasteiger partial charge in [-0.05, 0) is 29.9 Å². The predicted molar refractivity (Wildman–Crippen MR) is 84.2 cm³/mol. The van der Waals surface area contributed by atoms with E-state index < -0.39 is 64.3 Å². The molecule has 3 atom stereocenters. The summed E-state index contributed by atoms with van der Waals surface area (Å²) in [6.45, 7) is 3.69. The summed E-state index contributed by atoms with van der Waals surface area (Å²) in [7, 11) is 0. The van der Waals surface area contributed by atoms with Crippen molar-refractivity contribution in [1.29, 1.82) is 0 Å². The Bertz CT molecular complexity index is 725. The Morgan fingerprint density at radius 2 is 1.68 bits per heavy atom. The van der Waals surface area contributed by atoms with E-state index in [4.69, 9.17) is 22.8 Å². The van der Waals surface area contributed by atoms with Crippen molar-refractivity contribution >= 4 is 17.6 Å². The first kappa shape index (κ1) is 24.3. The van der Waals surface area contributed by atoms with E-state index in [0.29, 0.717) is 6.08 Å². The highest BCUT2D eigenvalue weighted by molar-refractivity contribution is 6.30. The van der Waals surface area contributed by atoms with Gasteiger partial charge >= 0.3 is 24.2 Å². The summed E-state index contributed by atoms with van der Waals surface area (Å²) < 4.78 is 105. The fourth-order valence-corrected chi connectivity index (χ4v) is 2.72. The van der Waals surface area contributed by atoms with E-state index in [0.717, 1.165) is 6.92 Å². The van der Waals surface area contributed by atoms with Crippen molar-refractivity contribution in [3.05, 3.63) is 22.8 Å². The van der Waals surface area contributed by atoms with Gasteiger partial charge in [0.1, 0.15) is 5.03 Å². The minimum atomic E-state index is -5.87. The summed E-state index contributed by atoms with van der Waals surface area (Å²) in [6, 6.07) is 0. The molecule has 158 valence electrons. The Hall–Kier alpha value is -1.76. The topological polar surface area (TPSA) is 26.3 Å². The molecule has 11 heteroatoms. The summed E-state index contributed by atoms with van der Waals surface area (Å²) >= 11 is 5.14. The van der Waals surface area contributed by atoms with Crippen LogP contribution in [-0.2, 0) is 9.53 Å². The molecule has 1 rings (SSSR count). The van der Waals surface area contributed by atoms with E-state index in [1.54, 1.807) is 5.92 Å². The zero-order valence-corrected chi connectivity index (χ0v) is 15.4. The molecule has 2 nitrogen and oxygen atoms in total. The molecule has 28 heavy (non-hydrogen) atoms. The Kier molecular flexibility index (Phi) is 6.57. The highest BCUT2D eigenvalue weighted by Crippen LogP contribution is 2.60. The van der Waals surface area contributed by atoms with Gasteiger partial charge in [-0.2, -0.15) is 35.1 Å². The second-order valence-electron chi connectivity index (χ2n) is 6.83. The Morgan fingerprint density at radius 3 is 2.07 bits per heavy atom. The Balaban J connectivity index is 2.98. The predicted octanol–water partition coefficient (Wildman–Crippen LogP) is 5.63. The summed E-state index contributed by atoms with van der Waals surface area (Å²) in [4.78, 5) is 12.2. The zero-order chi connectivity index (χ0) is 22.3. The summed E-state index contributed by atoms with van der Waals surface area (Å²) in [5.41, 5.74) is -1.76. The molecular weight excluding hydrogens is 424 g/mol. The summed E-state index contributed by atoms with van der Waals surface area (Å²) in [5, 5.41) is -1.45. The molecule has 0 aromatic rings. The van der Waals surface area contributed by atoms with Crippen LogP contribution in [0.25, 0.3) is 0 Å². The Morgan fingerprint density at radius 1 is 1.18 bits per heavy atom. The third-order valence-corrected chi connectivity index (χ3v) is 4.69. The smallest absolute Gasteiger partial charge is 0.444 e. The van der Waals surface area contributed by atoms with Gasteiger partial charge in [0.15, 0.2) is 6.10 Å². The first-order valence-electron chi connectivity index (χ1n) is 7.61. The second-order valence-corrected chi connectivity index (χ2v) is 7.24. The van der Waals surface area contributed by atoms with E-state index in [1.165, 1.54) is 13.8 Å². The number of esters is 1. The van der Waals surface area contributed by atoms with Gasteiger partial charge in [-0.15, -0.1) is 6.42 Å². The largest absolute Gasteiger partial charge is 0.457 e. The molecular formula is C17H15ClF8O2. The van der Waals surface area contributed by atoms with Crippen LogP contribution >= 0.6 is 11.6 Å². The van der Waals surface area contributed by atoms with Crippen LogP contribution in [0.3, 0.4) is 0 Å². The van der Waals surface area contributed by atoms with Gasteiger partial charge in [0.25, 0.3) is 0 Å². The Labute approximate surface area is 160 Å². The third-order valence-electron chi connectivity index (χ3n) is 4.35. The van der Waals surface area contributed by atoms with Gasteiger partial charge in [0.2, 0.25) is 0 Å². The number of alkyl halides is 8. The van der Waals surface area contributed by atoms with Crippen molar-refractivity contribution in [3.8, 4) is 12.3 Å². The van der Waals surface area contributed by atoms with Crippen LogP contribution < -0.4 is 0 Å². The quantitative estimate of drug-likeness (QED) is 0.240. The SMILES string of the molecule is C#CC(OC(=O)C1C(/C=C(\Cl)C(F)(F)F)C1(C)C)/C(C)=C/C(F)(F)C(F)(F)F. The zero-order valence-electron chi connectivity index (χ0n) is 14.7. The highest BCUT2D eigenvalue weighted by Gasteiger charge is 2.62. The number of rotatable bonds is 5. The van der Waals surface area contributed by atoms with Crippen LogP contribution in [0.5, 0.6) is 0 Å². The molecule has 0 heterocycles. The maximum atomic E-state index is 13.1. The van der Waals surface area contributed by atoms with Crippen LogP contribution in [0.15, 0.2) is 22.8 Å². The lowest BCUT2D eigenvalue weighted by Gasteiger charge is -2.19. The number of carbonyl (C=O) groups is 1. The lowest BCUT2D eigenvalue weighted by atomic mass is 10.1. The first-order valence-corrected chi connectivity index (χ1v) is 7.99. The molecule has 1 saturated carbocycles. The van der Waals surface area contributed by atoms with Gasteiger partial charge in [-0.3, -0.25) is 4.79 Å². The van der Waals surface area contributed by atoms with Gasteiger partial charge in [0, 0.05) is 0 Å². The van der Waals surface area contributed by atoms with Crippen LogP contribution in [0.2, 0.25) is 0 Å². The lowest BCUT2D eigenvalue weighted by Crippen LogP contribution is -2.35. The minimum absolute atomic E-state index is 0.471. The van der Waals surface area contributed by atoms with Gasteiger partial charge in [-0.1, -0.05) is 37.4 Å². The van der Waals surface area contributed by atoms with E-state index in [2.05, 4.69) is 0 Å².